The highest BCUT2D eigenvalue weighted by atomic mass is 16.5. The van der Waals surface area contributed by atoms with Crippen molar-refractivity contribution < 1.29 is 9.32 Å². The summed E-state index contributed by atoms with van der Waals surface area (Å²) in [7, 11) is 0. The van der Waals surface area contributed by atoms with E-state index in [0.29, 0.717) is 0 Å². The van der Waals surface area contributed by atoms with Gasteiger partial charge >= 0.3 is 0 Å². The molecular weight excluding hydrogens is 242 g/mol. The van der Waals surface area contributed by atoms with E-state index in [4.69, 9.17) is 4.52 Å². The van der Waals surface area contributed by atoms with Crippen LogP contribution in [0.25, 0.3) is 0 Å². The van der Waals surface area contributed by atoms with Crippen LogP contribution in [0.2, 0.25) is 0 Å². The van der Waals surface area contributed by atoms with Gasteiger partial charge in [-0.1, -0.05) is 12.1 Å². The van der Waals surface area contributed by atoms with Crippen molar-refractivity contribution in [3.8, 4) is 0 Å². The fraction of sp³-hybridized carbons (Fsp3) is 0.714. The smallest absolute Gasteiger partial charge is 0.240 e. The topological polar surface area (TPSA) is 58.4 Å². The number of nitrogens with one attached hydrogen (secondary N) is 1. The quantitative estimate of drug-likeness (QED) is 0.884. The number of carbonyl (C=O) groups excluding carboxylic acids is 1. The number of aromatic nitrogens is 1. The fourth-order valence-electron chi connectivity index (χ4n) is 2.84. The normalized spacial score (nSPS) is 21.2. The third-order valence-corrected chi connectivity index (χ3v) is 3.85. The maximum absolute atomic E-state index is 12.4. The summed E-state index contributed by atoms with van der Waals surface area (Å²) >= 11 is 0. The van der Waals surface area contributed by atoms with Crippen molar-refractivity contribution in [3.05, 3.63) is 17.0 Å². The van der Waals surface area contributed by atoms with Gasteiger partial charge in [-0.3, -0.25) is 4.79 Å². The van der Waals surface area contributed by atoms with E-state index >= 15 is 0 Å². The van der Waals surface area contributed by atoms with Crippen LogP contribution >= 0.6 is 0 Å². The summed E-state index contributed by atoms with van der Waals surface area (Å²) in [5.41, 5.74) is 1.92. The van der Waals surface area contributed by atoms with Crippen LogP contribution in [0.1, 0.15) is 49.7 Å². The first-order valence-corrected chi connectivity index (χ1v) is 7.02. The summed E-state index contributed by atoms with van der Waals surface area (Å²) in [5, 5.41) is 7.28. The van der Waals surface area contributed by atoms with E-state index in [1.165, 1.54) is 0 Å². The highest BCUT2D eigenvalue weighted by molar-refractivity contribution is 5.84. The van der Waals surface area contributed by atoms with E-state index in [1.807, 2.05) is 25.7 Å². The van der Waals surface area contributed by atoms with Gasteiger partial charge in [-0.2, -0.15) is 0 Å². The van der Waals surface area contributed by atoms with Gasteiger partial charge in [-0.05, 0) is 40.2 Å². The molecule has 1 saturated heterocycles. The number of nitrogens with zero attached hydrogens (tertiary/aromatic N) is 2. The van der Waals surface area contributed by atoms with Gasteiger partial charge in [0.2, 0.25) is 5.91 Å². The minimum atomic E-state index is -0.0251. The van der Waals surface area contributed by atoms with Crippen LogP contribution in [-0.4, -0.2) is 35.1 Å². The number of aryl methyl sites for hydroxylation is 2. The minimum absolute atomic E-state index is 0.0251. The molecule has 1 aromatic rings. The second-order valence-electron chi connectivity index (χ2n) is 5.24. The zero-order valence-electron chi connectivity index (χ0n) is 12.2. The lowest BCUT2D eigenvalue weighted by molar-refractivity contribution is -0.131. The summed E-state index contributed by atoms with van der Waals surface area (Å²) < 4.78 is 5.20. The van der Waals surface area contributed by atoms with Crippen molar-refractivity contribution in [2.24, 2.45) is 0 Å². The summed E-state index contributed by atoms with van der Waals surface area (Å²) in [6.45, 7) is 9.67. The molecule has 0 bridgehead atoms. The predicted octanol–water partition coefficient (Wildman–Crippen LogP) is 1.95. The van der Waals surface area contributed by atoms with Crippen LogP contribution in [-0.2, 0) is 4.79 Å². The molecule has 0 spiro atoms. The molecule has 0 aromatic carbocycles. The third kappa shape index (κ3) is 2.66. The molecule has 1 fully saturated rings. The molecule has 1 aromatic heterocycles. The molecule has 19 heavy (non-hydrogen) atoms. The number of likely N-dealkylation sites (tertiary alicyclic amines) is 1. The SMILES string of the molecule is CCCNC1CCN(C(C)c2c(C)noc2C)C1=O. The Morgan fingerprint density at radius 2 is 2.26 bits per heavy atom. The van der Waals surface area contributed by atoms with Gasteiger partial charge < -0.3 is 14.7 Å². The van der Waals surface area contributed by atoms with Gasteiger partial charge in [0.05, 0.1) is 17.8 Å². The Bertz CT molecular complexity index is 436. The minimum Gasteiger partial charge on any atom is -0.361 e. The summed E-state index contributed by atoms with van der Waals surface area (Å²) in [4.78, 5) is 14.3. The van der Waals surface area contributed by atoms with Crippen molar-refractivity contribution in [2.75, 3.05) is 13.1 Å². The molecule has 1 amide bonds. The molecule has 0 radical (unpaired) electrons. The van der Waals surface area contributed by atoms with Crippen LogP contribution < -0.4 is 5.32 Å². The number of rotatable bonds is 5. The highest BCUT2D eigenvalue weighted by Gasteiger charge is 2.35. The molecule has 1 aliphatic heterocycles. The Balaban J connectivity index is 2.09. The van der Waals surface area contributed by atoms with E-state index < -0.39 is 0 Å². The Hall–Kier alpha value is -1.36. The Kier molecular flexibility index (Phi) is 4.24. The molecule has 5 nitrogen and oxygen atoms in total. The van der Waals surface area contributed by atoms with Crippen LogP contribution in [0.3, 0.4) is 0 Å². The monoisotopic (exact) mass is 265 g/mol. The lowest BCUT2D eigenvalue weighted by Gasteiger charge is -2.25. The second-order valence-corrected chi connectivity index (χ2v) is 5.24. The molecule has 1 N–H and O–H groups in total. The second kappa shape index (κ2) is 5.74. The van der Waals surface area contributed by atoms with Gasteiger partial charge in [0.15, 0.2) is 0 Å². The molecule has 5 heteroatoms. The predicted molar refractivity (Wildman–Crippen MR) is 72.8 cm³/mol. The van der Waals surface area contributed by atoms with E-state index in [0.717, 1.165) is 42.9 Å². The summed E-state index contributed by atoms with van der Waals surface area (Å²) in [6.07, 6.45) is 1.93. The number of carbonyl (C=O) groups is 1. The molecule has 0 aliphatic carbocycles. The van der Waals surface area contributed by atoms with Crippen LogP contribution in [0.4, 0.5) is 0 Å². The third-order valence-electron chi connectivity index (χ3n) is 3.85. The lowest BCUT2D eigenvalue weighted by atomic mass is 10.1. The Morgan fingerprint density at radius 1 is 1.53 bits per heavy atom. The fourth-order valence-corrected chi connectivity index (χ4v) is 2.84. The standard InChI is InChI=1S/C14H23N3O2/c1-5-7-15-12-6-8-17(14(12)18)10(3)13-9(2)16-19-11(13)4/h10,12,15H,5-8H2,1-4H3. The number of hydrogen-bond donors (Lipinski definition) is 1. The molecule has 106 valence electrons. The van der Waals surface area contributed by atoms with Crippen LogP contribution in [0.5, 0.6) is 0 Å². The van der Waals surface area contributed by atoms with Crippen molar-refractivity contribution in [3.63, 3.8) is 0 Å². The largest absolute Gasteiger partial charge is 0.361 e. The van der Waals surface area contributed by atoms with E-state index in [2.05, 4.69) is 17.4 Å². The lowest BCUT2D eigenvalue weighted by Crippen LogP contribution is -2.39. The molecule has 2 atom stereocenters. The first kappa shape index (κ1) is 14.1. The van der Waals surface area contributed by atoms with Gasteiger partial charge in [-0.15, -0.1) is 0 Å². The maximum Gasteiger partial charge on any atom is 0.240 e. The van der Waals surface area contributed by atoms with Crippen molar-refractivity contribution in [1.29, 1.82) is 0 Å². The zero-order valence-corrected chi connectivity index (χ0v) is 12.2. The molecule has 2 rings (SSSR count). The Morgan fingerprint density at radius 3 is 2.84 bits per heavy atom. The zero-order chi connectivity index (χ0) is 14.0. The summed E-state index contributed by atoms with van der Waals surface area (Å²) in [6, 6.07) is 0.00930. The van der Waals surface area contributed by atoms with E-state index in [9.17, 15) is 4.79 Å². The van der Waals surface area contributed by atoms with Crippen molar-refractivity contribution in [2.45, 2.75) is 52.6 Å². The summed E-state index contributed by atoms with van der Waals surface area (Å²) in [5.74, 6) is 1.00. The van der Waals surface area contributed by atoms with E-state index in [-0.39, 0.29) is 18.0 Å². The molecule has 2 unspecified atom stereocenters. The van der Waals surface area contributed by atoms with Crippen LogP contribution in [0, 0.1) is 13.8 Å². The van der Waals surface area contributed by atoms with Gasteiger partial charge in [-0.25, -0.2) is 0 Å². The van der Waals surface area contributed by atoms with Crippen LogP contribution in [0.15, 0.2) is 4.52 Å². The van der Waals surface area contributed by atoms with Gasteiger partial charge in [0.25, 0.3) is 0 Å². The molecular formula is C14H23N3O2. The first-order chi connectivity index (χ1) is 9.06. The number of hydrogen-bond acceptors (Lipinski definition) is 4. The molecule has 2 heterocycles. The first-order valence-electron chi connectivity index (χ1n) is 7.02. The molecule has 1 aliphatic rings. The van der Waals surface area contributed by atoms with Crippen molar-refractivity contribution in [1.82, 2.24) is 15.4 Å². The molecule has 0 saturated carbocycles. The average molecular weight is 265 g/mol. The van der Waals surface area contributed by atoms with Gasteiger partial charge in [0.1, 0.15) is 5.76 Å². The number of amides is 1. The maximum atomic E-state index is 12.4. The average Bonchev–Trinajstić information content (AvgIpc) is 2.90. The Labute approximate surface area is 114 Å². The van der Waals surface area contributed by atoms with Gasteiger partial charge in [0, 0.05) is 12.1 Å². The highest BCUT2D eigenvalue weighted by Crippen LogP contribution is 2.29. The van der Waals surface area contributed by atoms with Crippen molar-refractivity contribution >= 4 is 5.91 Å². The van der Waals surface area contributed by atoms with E-state index in [1.54, 1.807) is 0 Å².